The van der Waals surface area contributed by atoms with Crippen molar-refractivity contribution in [2.75, 3.05) is 7.11 Å². The fourth-order valence-electron chi connectivity index (χ4n) is 3.55. The number of carbonyl (C=O) groups is 2. The van der Waals surface area contributed by atoms with Crippen LogP contribution in [-0.4, -0.2) is 33.8 Å². The first-order valence-corrected chi connectivity index (χ1v) is 9.37. The van der Waals surface area contributed by atoms with Gasteiger partial charge in [-0.25, -0.2) is 0 Å². The molecule has 1 aromatic carbocycles. The number of aromatic nitrogens is 1. The number of aliphatic hydroxyl groups is 1. The van der Waals surface area contributed by atoms with Gasteiger partial charge in [-0.3, -0.25) is 14.6 Å². The second-order valence-corrected chi connectivity index (χ2v) is 6.97. The van der Waals surface area contributed by atoms with Crippen LogP contribution < -0.4 is 4.74 Å². The zero-order valence-corrected chi connectivity index (χ0v) is 16.5. The summed E-state index contributed by atoms with van der Waals surface area (Å²) in [5, 5.41) is 11.0. The summed E-state index contributed by atoms with van der Waals surface area (Å²) in [7, 11) is 1.51. The minimum absolute atomic E-state index is 0.0218. The molecule has 0 unspecified atom stereocenters. The van der Waals surface area contributed by atoms with Crippen molar-refractivity contribution in [3.05, 3.63) is 89.1 Å². The van der Waals surface area contributed by atoms with Crippen molar-refractivity contribution in [2.24, 2.45) is 0 Å². The van der Waals surface area contributed by atoms with Crippen LogP contribution >= 0.6 is 0 Å². The minimum Gasteiger partial charge on any atom is -0.507 e. The Morgan fingerprint density at radius 2 is 2.03 bits per heavy atom. The van der Waals surface area contributed by atoms with E-state index < -0.39 is 17.7 Å². The number of hydrogen-bond donors (Lipinski definition) is 1. The van der Waals surface area contributed by atoms with E-state index in [1.807, 2.05) is 6.07 Å². The maximum Gasteiger partial charge on any atom is 0.296 e. The van der Waals surface area contributed by atoms with Gasteiger partial charge in [0.15, 0.2) is 0 Å². The Labute approximate surface area is 173 Å². The first kappa shape index (κ1) is 19.4. The number of likely N-dealkylation sites (tertiary alicyclic amines) is 1. The summed E-state index contributed by atoms with van der Waals surface area (Å²) in [6.07, 6.45) is 3.26. The lowest BCUT2D eigenvalue weighted by atomic mass is 9.99. The van der Waals surface area contributed by atoms with Crippen LogP contribution in [0.3, 0.4) is 0 Å². The van der Waals surface area contributed by atoms with Crippen LogP contribution in [-0.2, 0) is 16.1 Å². The van der Waals surface area contributed by atoms with Crippen molar-refractivity contribution < 1.29 is 23.8 Å². The quantitative estimate of drug-likeness (QED) is 0.397. The standard InChI is InChI=1S/C23H20N2O5/c1-14-8-9-18(30-14)20-19(21(26)16-6-3-7-17(11-16)29-2)22(27)23(28)25(20)13-15-5-4-10-24-12-15/h3-12,20,26H,13H2,1-2H3/t20-/m0/s1. The lowest BCUT2D eigenvalue weighted by molar-refractivity contribution is -0.140. The Morgan fingerprint density at radius 3 is 2.70 bits per heavy atom. The largest absolute Gasteiger partial charge is 0.507 e. The van der Waals surface area contributed by atoms with E-state index in [9.17, 15) is 14.7 Å². The van der Waals surface area contributed by atoms with Crippen molar-refractivity contribution in [1.29, 1.82) is 0 Å². The van der Waals surface area contributed by atoms with Crippen molar-refractivity contribution in [3.8, 4) is 5.75 Å². The summed E-state index contributed by atoms with van der Waals surface area (Å²) in [4.78, 5) is 31.3. The van der Waals surface area contributed by atoms with Gasteiger partial charge in [-0.1, -0.05) is 18.2 Å². The molecule has 1 aliphatic rings. The SMILES string of the molecule is COc1cccc(C(O)=C2C(=O)C(=O)N(Cc3cccnc3)[C@H]2c2ccc(C)o2)c1. The number of aryl methyl sites for hydroxylation is 1. The number of amides is 1. The Hall–Kier alpha value is -3.87. The molecule has 1 saturated heterocycles. The molecule has 3 aromatic rings. The summed E-state index contributed by atoms with van der Waals surface area (Å²) in [6, 6.07) is 12.9. The molecule has 1 N–H and O–H groups in total. The predicted molar refractivity (Wildman–Crippen MR) is 109 cm³/mol. The Morgan fingerprint density at radius 1 is 1.20 bits per heavy atom. The molecule has 0 aliphatic carbocycles. The number of aliphatic hydroxyl groups excluding tert-OH is 1. The molecule has 0 radical (unpaired) electrons. The number of furan rings is 1. The molecule has 30 heavy (non-hydrogen) atoms. The zero-order chi connectivity index (χ0) is 21.3. The highest BCUT2D eigenvalue weighted by Crippen LogP contribution is 2.41. The summed E-state index contributed by atoms with van der Waals surface area (Å²) in [5.74, 6) is -0.187. The number of rotatable bonds is 5. The number of carbonyl (C=O) groups excluding carboxylic acids is 2. The van der Waals surface area contributed by atoms with Crippen LogP contribution in [0.5, 0.6) is 5.75 Å². The fraction of sp³-hybridized carbons (Fsp3) is 0.174. The molecule has 7 heteroatoms. The fourth-order valence-corrected chi connectivity index (χ4v) is 3.55. The van der Waals surface area contributed by atoms with E-state index in [0.29, 0.717) is 22.8 Å². The van der Waals surface area contributed by atoms with Gasteiger partial charge in [0.2, 0.25) is 0 Å². The second kappa shape index (κ2) is 7.87. The lowest BCUT2D eigenvalue weighted by Crippen LogP contribution is -2.29. The average Bonchev–Trinajstić information content (AvgIpc) is 3.30. The lowest BCUT2D eigenvalue weighted by Gasteiger charge is -2.23. The van der Waals surface area contributed by atoms with E-state index in [1.54, 1.807) is 61.8 Å². The van der Waals surface area contributed by atoms with Gasteiger partial charge in [-0.15, -0.1) is 0 Å². The molecular weight excluding hydrogens is 384 g/mol. The maximum absolute atomic E-state index is 13.0. The molecule has 0 bridgehead atoms. The van der Waals surface area contributed by atoms with Crippen LogP contribution in [0.2, 0.25) is 0 Å². The molecule has 1 aliphatic heterocycles. The number of nitrogens with zero attached hydrogens (tertiary/aromatic N) is 2. The van der Waals surface area contributed by atoms with Crippen LogP contribution in [0, 0.1) is 6.92 Å². The zero-order valence-electron chi connectivity index (χ0n) is 16.5. The molecule has 3 heterocycles. The summed E-state index contributed by atoms with van der Waals surface area (Å²) in [6.45, 7) is 1.93. The molecular formula is C23H20N2O5. The average molecular weight is 404 g/mol. The molecule has 1 atom stereocenters. The van der Waals surface area contributed by atoms with E-state index in [0.717, 1.165) is 5.56 Å². The third-order valence-electron chi connectivity index (χ3n) is 4.99. The molecule has 1 fully saturated rings. The van der Waals surface area contributed by atoms with E-state index in [4.69, 9.17) is 9.15 Å². The van der Waals surface area contributed by atoms with Gasteiger partial charge in [0, 0.05) is 24.5 Å². The number of pyridine rings is 1. The van der Waals surface area contributed by atoms with Gasteiger partial charge >= 0.3 is 0 Å². The third kappa shape index (κ3) is 3.45. The number of Topliss-reactive ketones (excluding diaryl/α,β-unsaturated/α-hetero) is 1. The number of methoxy groups -OCH3 is 1. The van der Waals surface area contributed by atoms with E-state index in [2.05, 4.69) is 4.98 Å². The van der Waals surface area contributed by atoms with Gasteiger partial charge in [0.25, 0.3) is 11.7 Å². The summed E-state index contributed by atoms with van der Waals surface area (Å²) in [5.41, 5.74) is 1.11. The van der Waals surface area contributed by atoms with Crippen LogP contribution in [0.15, 0.2) is 70.9 Å². The monoisotopic (exact) mass is 404 g/mol. The second-order valence-electron chi connectivity index (χ2n) is 6.97. The van der Waals surface area contributed by atoms with Gasteiger partial charge in [-0.2, -0.15) is 0 Å². The molecule has 152 valence electrons. The molecule has 2 aromatic heterocycles. The minimum atomic E-state index is -0.856. The van der Waals surface area contributed by atoms with Crippen molar-refractivity contribution in [1.82, 2.24) is 9.88 Å². The normalized spacial score (nSPS) is 18.1. The summed E-state index contributed by atoms with van der Waals surface area (Å²) >= 11 is 0. The van der Waals surface area contributed by atoms with Gasteiger partial charge in [-0.05, 0) is 42.8 Å². The Kier molecular flexibility index (Phi) is 5.10. The third-order valence-corrected chi connectivity index (χ3v) is 4.99. The Bertz CT molecular complexity index is 1130. The van der Waals surface area contributed by atoms with E-state index >= 15 is 0 Å². The van der Waals surface area contributed by atoms with Crippen LogP contribution in [0.1, 0.15) is 28.7 Å². The van der Waals surface area contributed by atoms with Crippen LogP contribution in [0.4, 0.5) is 0 Å². The molecule has 4 rings (SSSR count). The van der Waals surface area contributed by atoms with Crippen LogP contribution in [0.25, 0.3) is 5.76 Å². The Balaban J connectivity index is 1.85. The highest BCUT2D eigenvalue weighted by atomic mass is 16.5. The topological polar surface area (TPSA) is 92.9 Å². The van der Waals surface area contributed by atoms with E-state index in [1.165, 1.54) is 12.0 Å². The van der Waals surface area contributed by atoms with Gasteiger partial charge < -0.3 is 19.2 Å². The number of ether oxygens (including phenoxy) is 1. The van der Waals surface area contributed by atoms with Crippen molar-refractivity contribution >= 4 is 17.4 Å². The van der Waals surface area contributed by atoms with E-state index in [-0.39, 0.29) is 17.9 Å². The first-order valence-electron chi connectivity index (χ1n) is 9.37. The number of ketones is 1. The first-order chi connectivity index (χ1) is 14.5. The molecule has 0 saturated carbocycles. The number of hydrogen-bond acceptors (Lipinski definition) is 6. The predicted octanol–water partition coefficient (Wildman–Crippen LogP) is 3.61. The smallest absolute Gasteiger partial charge is 0.296 e. The maximum atomic E-state index is 13.0. The van der Waals surface area contributed by atoms with Crippen molar-refractivity contribution in [3.63, 3.8) is 0 Å². The number of benzene rings is 1. The van der Waals surface area contributed by atoms with Gasteiger partial charge in [0.1, 0.15) is 29.1 Å². The summed E-state index contributed by atoms with van der Waals surface area (Å²) < 4.78 is 11.0. The molecule has 1 amide bonds. The van der Waals surface area contributed by atoms with Gasteiger partial charge in [0.05, 0.1) is 12.7 Å². The molecule has 7 nitrogen and oxygen atoms in total. The molecule has 0 spiro atoms. The highest BCUT2D eigenvalue weighted by Gasteiger charge is 2.47. The highest BCUT2D eigenvalue weighted by molar-refractivity contribution is 6.46. The van der Waals surface area contributed by atoms with Crippen molar-refractivity contribution in [2.45, 2.75) is 19.5 Å².